The maximum Gasteiger partial charge on any atom is 0.349 e. The summed E-state index contributed by atoms with van der Waals surface area (Å²) in [6.07, 6.45) is 1.83. The van der Waals surface area contributed by atoms with Crippen molar-refractivity contribution in [2.45, 2.75) is 45.3 Å². The van der Waals surface area contributed by atoms with Crippen molar-refractivity contribution >= 4 is 23.2 Å². The minimum atomic E-state index is -0.754. The molecule has 0 aliphatic carbocycles. The summed E-state index contributed by atoms with van der Waals surface area (Å²) in [6.45, 7) is 5.23. The lowest BCUT2D eigenvalue weighted by Crippen LogP contribution is -2.41. The Kier molecular flexibility index (Phi) is 6.39. The molecule has 122 valence electrons. The van der Waals surface area contributed by atoms with Crippen molar-refractivity contribution in [2.24, 2.45) is 5.92 Å². The number of amides is 1. The van der Waals surface area contributed by atoms with Crippen molar-refractivity contribution in [3.8, 4) is 0 Å². The average Bonchev–Trinajstić information content (AvgIpc) is 3.16. The molecule has 2 atom stereocenters. The third kappa shape index (κ3) is 5.10. The van der Waals surface area contributed by atoms with Gasteiger partial charge in [-0.05, 0) is 36.6 Å². The first kappa shape index (κ1) is 17.0. The molecule has 5 nitrogen and oxygen atoms in total. The van der Waals surface area contributed by atoms with Gasteiger partial charge in [0, 0.05) is 13.2 Å². The summed E-state index contributed by atoms with van der Waals surface area (Å²) in [6, 6.07) is 3.49. The molecule has 0 unspecified atom stereocenters. The number of rotatable bonds is 7. The van der Waals surface area contributed by atoms with Crippen LogP contribution < -0.4 is 5.32 Å². The lowest BCUT2D eigenvalue weighted by Gasteiger charge is -2.20. The van der Waals surface area contributed by atoms with E-state index in [9.17, 15) is 9.59 Å². The van der Waals surface area contributed by atoms with Gasteiger partial charge in [-0.2, -0.15) is 0 Å². The number of esters is 1. The molecule has 0 spiro atoms. The molecule has 2 heterocycles. The van der Waals surface area contributed by atoms with E-state index in [2.05, 4.69) is 5.32 Å². The van der Waals surface area contributed by atoms with Crippen LogP contribution in [0.3, 0.4) is 0 Å². The second kappa shape index (κ2) is 8.29. The fourth-order valence-electron chi connectivity index (χ4n) is 2.35. The van der Waals surface area contributed by atoms with Crippen molar-refractivity contribution in [2.75, 3.05) is 13.2 Å². The predicted molar refractivity (Wildman–Crippen MR) is 85.0 cm³/mol. The standard InChI is InChI=1S/C16H23NO4S/c1-11(2)9-13(21-16(19)14-6-4-8-22-14)15(18)17-10-12-5-3-7-20-12/h4,6,8,11-13H,3,5,7,9-10H2,1-2H3,(H,17,18)/t12-,13-/m0/s1. The van der Waals surface area contributed by atoms with Gasteiger partial charge in [-0.1, -0.05) is 19.9 Å². The van der Waals surface area contributed by atoms with Gasteiger partial charge >= 0.3 is 5.97 Å². The molecule has 1 N–H and O–H groups in total. The van der Waals surface area contributed by atoms with E-state index in [-0.39, 0.29) is 17.9 Å². The number of thiophene rings is 1. The van der Waals surface area contributed by atoms with Crippen LogP contribution in [-0.4, -0.2) is 37.2 Å². The second-order valence-electron chi connectivity index (χ2n) is 5.88. The van der Waals surface area contributed by atoms with E-state index in [4.69, 9.17) is 9.47 Å². The largest absolute Gasteiger partial charge is 0.448 e. The van der Waals surface area contributed by atoms with E-state index in [0.717, 1.165) is 19.4 Å². The number of nitrogens with one attached hydrogen (secondary N) is 1. The predicted octanol–water partition coefficient (Wildman–Crippen LogP) is 2.61. The Balaban J connectivity index is 1.89. The van der Waals surface area contributed by atoms with Gasteiger partial charge in [0.25, 0.3) is 5.91 Å². The average molecular weight is 325 g/mol. The smallest absolute Gasteiger partial charge is 0.349 e. The summed E-state index contributed by atoms with van der Waals surface area (Å²) in [5.74, 6) is -0.420. The number of carbonyl (C=O) groups is 2. The highest BCUT2D eigenvalue weighted by atomic mass is 32.1. The minimum Gasteiger partial charge on any atom is -0.448 e. The lowest BCUT2D eigenvalue weighted by atomic mass is 10.1. The maximum atomic E-state index is 12.3. The lowest BCUT2D eigenvalue weighted by molar-refractivity contribution is -0.131. The molecule has 0 aromatic carbocycles. The van der Waals surface area contributed by atoms with Gasteiger partial charge in [0.1, 0.15) is 4.88 Å². The monoisotopic (exact) mass is 325 g/mol. The maximum absolute atomic E-state index is 12.3. The second-order valence-corrected chi connectivity index (χ2v) is 6.83. The van der Waals surface area contributed by atoms with E-state index in [1.54, 1.807) is 12.1 Å². The molecule has 1 amide bonds. The van der Waals surface area contributed by atoms with Crippen LogP contribution in [0.15, 0.2) is 17.5 Å². The summed E-state index contributed by atoms with van der Waals surface area (Å²) >= 11 is 1.31. The summed E-state index contributed by atoms with van der Waals surface area (Å²) in [5.41, 5.74) is 0. The quantitative estimate of drug-likeness (QED) is 0.783. The summed E-state index contributed by atoms with van der Waals surface area (Å²) < 4.78 is 10.9. The third-order valence-electron chi connectivity index (χ3n) is 3.48. The van der Waals surface area contributed by atoms with E-state index in [1.807, 2.05) is 19.2 Å². The van der Waals surface area contributed by atoms with Crippen LogP contribution in [0.5, 0.6) is 0 Å². The zero-order valence-electron chi connectivity index (χ0n) is 13.0. The summed E-state index contributed by atoms with van der Waals surface area (Å²) in [4.78, 5) is 24.9. The highest BCUT2D eigenvalue weighted by Crippen LogP contribution is 2.16. The zero-order chi connectivity index (χ0) is 15.9. The molecule has 1 fully saturated rings. The normalized spacial score (nSPS) is 19.1. The summed E-state index contributed by atoms with van der Waals surface area (Å²) in [7, 11) is 0. The molecule has 1 aliphatic heterocycles. The van der Waals surface area contributed by atoms with E-state index >= 15 is 0 Å². The first-order chi connectivity index (χ1) is 10.6. The number of ether oxygens (including phenoxy) is 2. The van der Waals surface area contributed by atoms with E-state index in [1.165, 1.54) is 11.3 Å². The Hall–Kier alpha value is -1.40. The molecular weight excluding hydrogens is 302 g/mol. The molecule has 0 radical (unpaired) electrons. The van der Waals surface area contributed by atoms with Gasteiger partial charge in [-0.15, -0.1) is 11.3 Å². The van der Waals surface area contributed by atoms with Crippen LogP contribution in [0.25, 0.3) is 0 Å². The van der Waals surface area contributed by atoms with Crippen LogP contribution >= 0.6 is 11.3 Å². The topological polar surface area (TPSA) is 64.6 Å². The minimum absolute atomic E-state index is 0.0802. The Labute approximate surface area is 135 Å². The highest BCUT2D eigenvalue weighted by molar-refractivity contribution is 7.11. The third-order valence-corrected chi connectivity index (χ3v) is 4.33. The van der Waals surface area contributed by atoms with Crippen molar-refractivity contribution in [3.05, 3.63) is 22.4 Å². The molecule has 0 saturated carbocycles. The Morgan fingerprint density at radius 1 is 1.50 bits per heavy atom. The van der Waals surface area contributed by atoms with Crippen molar-refractivity contribution in [1.82, 2.24) is 5.32 Å². The number of hydrogen-bond donors (Lipinski definition) is 1. The fourth-order valence-corrected chi connectivity index (χ4v) is 2.96. The molecule has 2 rings (SSSR count). The SMILES string of the molecule is CC(C)C[C@H](OC(=O)c1cccs1)C(=O)NC[C@@H]1CCCO1. The zero-order valence-corrected chi connectivity index (χ0v) is 13.9. The molecule has 1 aliphatic rings. The Morgan fingerprint density at radius 3 is 2.91 bits per heavy atom. The molecule has 1 saturated heterocycles. The fraction of sp³-hybridized carbons (Fsp3) is 0.625. The van der Waals surface area contributed by atoms with Gasteiger partial charge in [0.15, 0.2) is 6.10 Å². The molecule has 1 aromatic rings. The van der Waals surface area contributed by atoms with Crippen molar-refractivity contribution in [1.29, 1.82) is 0 Å². The Morgan fingerprint density at radius 2 is 2.32 bits per heavy atom. The first-order valence-corrected chi connectivity index (χ1v) is 8.58. The molecule has 22 heavy (non-hydrogen) atoms. The molecule has 1 aromatic heterocycles. The van der Waals surface area contributed by atoms with Gasteiger partial charge in [-0.25, -0.2) is 4.79 Å². The van der Waals surface area contributed by atoms with Crippen molar-refractivity contribution < 1.29 is 19.1 Å². The molecule has 0 bridgehead atoms. The van der Waals surface area contributed by atoms with Gasteiger partial charge < -0.3 is 14.8 Å². The molecule has 6 heteroatoms. The van der Waals surface area contributed by atoms with Crippen LogP contribution in [0, 0.1) is 5.92 Å². The van der Waals surface area contributed by atoms with Gasteiger partial charge in [-0.3, -0.25) is 4.79 Å². The van der Waals surface area contributed by atoms with Gasteiger partial charge in [0.05, 0.1) is 6.10 Å². The number of hydrogen-bond acceptors (Lipinski definition) is 5. The van der Waals surface area contributed by atoms with Crippen LogP contribution in [0.1, 0.15) is 42.8 Å². The van der Waals surface area contributed by atoms with Gasteiger partial charge in [0.2, 0.25) is 0 Å². The van der Waals surface area contributed by atoms with Crippen molar-refractivity contribution in [3.63, 3.8) is 0 Å². The summed E-state index contributed by atoms with van der Waals surface area (Å²) in [5, 5.41) is 4.65. The first-order valence-electron chi connectivity index (χ1n) is 7.70. The van der Waals surface area contributed by atoms with Crippen LogP contribution in [0.2, 0.25) is 0 Å². The Bertz CT molecular complexity index is 480. The van der Waals surface area contributed by atoms with Crippen LogP contribution in [0.4, 0.5) is 0 Å². The van der Waals surface area contributed by atoms with Crippen LogP contribution in [-0.2, 0) is 14.3 Å². The molecular formula is C16H23NO4S. The van der Waals surface area contributed by atoms with E-state index in [0.29, 0.717) is 17.8 Å². The highest BCUT2D eigenvalue weighted by Gasteiger charge is 2.26. The van der Waals surface area contributed by atoms with E-state index < -0.39 is 12.1 Å². The number of carbonyl (C=O) groups excluding carboxylic acids is 2.